The highest BCUT2D eigenvalue weighted by atomic mass is 15.1. The van der Waals surface area contributed by atoms with Crippen molar-refractivity contribution in [2.45, 2.75) is 0 Å². The van der Waals surface area contributed by atoms with Gasteiger partial charge in [-0.1, -0.05) is 42.5 Å². The quantitative estimate of drug-likeness (QED) is 0.465. The van der Waals surface area contributed by atoms with E-state index >= 15 is 0 Å². The molecule has 4 heterocycles. The minimum atomic E-state index is 0.810. The third-order valence-corrected chi connectivity index (χ3v) is 4.66. The number of H-pyrrole nitrogens is 1. The van der Waals surface area contributed by atoms with Gasteiger partial charge in [0, 0.05) is 18.0 Å². The summed E-state index contributed by atoms with van der Waals surface area (Å²) in [5.74, 6) is 0. The second-order valence-corrected chi connectivity index (χ2v) is 6.59. The van der Waals surface area contributed by atoms with Crippen molar-refractivity contribution in [1.82, 2.24) is 25.1 Å². The summed E-state index contributed by atoms with van der Waals surface area (Å²) in [6.45, 7) is 0. The lowest BCUT2D eigenvalue weighted by Gasteiger charge is -2.05. The minimum absolute atomic E-state index is 0.810. The fourth-order valence-electron chi connectivity index (χ4n) is 3.20. The third kappa shape index (κ3) is 3.53. The van der Waals surface area contributed by atoms with Crippen molar-refractivity contribution in [2.75, 3.05) is 0 Å². The van der Waals surface area contributed by atoms with Gasteiger partial charge >= 0.3 is 0 Å². The van der Waals surface area contributed by atoms with Gasteiger partial charge in [0.25, 0.3) is 0 Å². The third-order valence-electron chi connectivity index (χ3n) is 4.66. The maximum Gasteiger partial charge on any atom is 0.111 e. The van der Waals surface area contributed by atoms with E-state index in [-0.39, 0.29) is 0 Å². The molecule has 0 spiro atoms. The van der Waals surface area contributed by atoms with Crippen molar-refractivity contribution in [3.05, 3.63) is 97.3 Å². The van der Waals surface area contributed by atoms with Gasteiger partial charge in [0.2, 0.25) is 0 Å². The Kier molecular flexibility index (Phi) is 4.39. The van der Waals surface area contributed by atoms with Gasteiger partial charge in [0.05, 0.1) is 28.5 Å². The summed E-state index contributed by atoms with van der Waals surface area (Å²) in [5, 5.41) is 7.56. The Morgan fingerprint density at radius 3 is 2.17 bits per heavy atom. The predicted molar refractivity (Wildman–Crippen MR) is 114 cm³/mol. The van der Waals surface area contributed by atoms with E-state index < -0.39 is 0 Å². The van der Waals surface area contributed by atoms with Crippen molar-refractivity contribution in [3.63, 3.8) is 0 Å². The fraction of sp³-hybridized carbons (Fsp3) is 0. The first-order valence-corrected chi connectivity index (χ1v) is 9.33. The summed E-state index contributed by atoms with van der Waals surface area (Å²) in [6.07, 6.45) is 3.56. The number of aromatic amines is 1. The van der Waals surface area contributed by atoms with Crippen molar-refractivity contribution < 1.29 is 0 Å². The molecule has 0 unspecified atom stereocenters. The Bertz CT molecular complexity index is 1250. The largest absolute Gasteiger partial charge is 0.277 e. The van der Waals surface area contributed by atoms with E-state index in [4.69, 9.17) is 4.98 Å². The van der Waals surface area contributed by atoms with Crippen molar-refractivity contribution in [1.29, 1.82) is 0 Å². The lowest BCUT2D eigenvalue weighted by atomic mass is 10.1. The molecule has 0 amide bonds. The van der Waals surface area contributed by atoms with Crippen LogP contribution in [0.3, 0.4) is 0 Å². The molecule has 29 heavy (non-hydrogen) atoms. The summed E-state index contributed by atoms with van der Waals surface area (Å²) in [5.41, 5.74) is 7.20. The maximum absolute atomic E-state index is 4.82. The van der Waals surface area contributed by atoms with Gasteiger partial charge in [-0.05, 0) is 48.0 Å². The molecule has 1 N–H and O–H groups in total. The molecule has 0 radical (unpaired) electrons. The van der Waals surface area contributed by atoms with Crippen LogP contribution in [0, 0.1) is 0 Å². The molecule has 5 aromatic rings. The smallest absolute Gasteiger partial charge is 0.111 e. The number of hydrogen-bond donors (Lipinski definition) is 1. The summed E-state index contributed by atoms with van der Waals surface area (Å²) in [7, 11) is 0. The van der Waals surface area contributed by atoms with Crippen LogP contribution in [0.25, 0.3) is 45.3 Å². The van der Waals surface area contributed by atoms with Crippen LogP contribution in [0.15, 0.2) is 97.3 Å². The van der Waals surface area contributed by atoms with Gasteiger partial charge in [-0.2, -0.15) is 5.10 Å². The number of pyridine rings is 3. The van der Waals surface area contributed by atoms with Crippen LogP contribution in [0.4, 0.5) is 0 Å². The number of aromatic nitrogens is 5. The average Bonchev–Trinajstić information content (AvgIpc) is 3.31. The van der Waals surface area contributed by atoms with Gasteiger partial charge < -0.3 is 0 Å². The summed E-state index contributed by atoms with van der Waals surface area (Å²) in [4.78, 5) is 13.7. The summed E-state index contributed by atoms with van der Waals surface area (Å²) >= 11 is 0. The summed E-state index contributed by atoms with van der Waals surface area (Å²) < 4.78 is 0. The van der Waals surface area contributed by atoms with Gasteiger partial charge in [-0.15, -0.1) is 0 Å². The topological polar surface area (TPSA) is 67.3 Å². The van der Waals surface area contributed by atoms with E-state index in [2.05, 4.69) is 32.3 Å². The number of rotatable bonds is 4. The monoisotopic (exact) mass is 375 g/mol. The molecular weight excluding hydrogens is 358 g/mol. The van der Waals surface area contributed by atoms with Gasteiger partial charge in [0.15, 0.2) is 0 Å². The van der Waals surface area contributed by atoms with Crippen molar-refractivity contribution in [2.24, 2.45) is 0 Å². The normalized spacial score (nSPS) is 10.8. The van der Waals surface area contributed by atoms with E-state index in [1.54, 1.807) is 12.4 Å². The first kappa shape index (κ1) is 17.0. The molecule has 0 saturated carbocycles. The van der Waals surface area contributed by atoms with E-state index in [1.807, 2.05) is 72.8 Å². The zero-order valence-corrected chi connectivity index (χ0v) is 15.5. The molecule has 4 aromatic heterocycles. The highest BCUT2D eigenvalue weighted by molar-refractivity contribution is 5.70. The molecule has 0 aliphatic heterocycles. The van der Waals surface area contributed by atoms with Crippen LogP contribution in [0.2, 0.25) is 0 Å². The lowest BCUT2D eigenvalue weighted by Crippen LogP contribution is -1.91. The number of hydrogen-bond acceptors (Lipinski definition) is 4. The maximum atomic E-state index is 4.82. The van der Waals surface area contributed by atoms with Gasteiger partial charge in [-0.25, -0.2) is 4.98 Å². The molecule has 1 aromatic carbocycles. The predicted octanol–water partition coefficient (Wildman–Crippen LogP) is 5.26. The Balaban J connectivity index is 1.49. The molecule has 0 saturated heterocycles. The lowest BCUT2D eigenvalue weighted by molar-refractivity contribution is 1.09. The molecule has 0 bridgehead atoms. The average molecular weight is 375 g/mol. The van der Waals surface area contributed by atoms with E-state index in [0.717, 1.165) is 45.3 Å². The van der Waals surface area contributed by atoms with Gasteiger partial charge in [-0.3, -0.25) is 15.1 Å². The molecule has 5 rings (SSSR count). The van der Waals surface area contributed by atoms with Crippen molar-refractivity contribution >= 4 is 0 Å². The van der Waals surface area contributed by atoms with Crippen LogP contribution in [0.1, 0.15) is 0 Å². The van der Waals surface area contributed by atoms with Crippen molar-refractivity contribution in [3.8, 4) is 45.3 Å². The molecule has 0 atom stereocenters. The standard InChI is InChI=1S/C24H17N5/c1-2-7-17(8-3-1)22-16-24(29-28-22)21-11-6-10-19(27-21)18-12-14-26-23(15-18)20-9-4-5-13-25-20/h1-16H,(H,28,29). The minimum Gasteiger partial charge on any atom is -0.277 e. The molecular formula is C24H17N5. The van der Waals surface area contributed by atoms with E-state index in [1.165, 1.54) is 0 Å². The zero-order valence-electron chi connectivity index (χ0n) is 15.5. The molecule has 0 aliphatic rings. The van der Waals surface area contributed by atoms with Gasteiger partial charge in [0.1, 0.15) is 5.69 Å². The van der Waals surface area contributed by atoms with Crippen LogP contribution >= 0.6 is 0 Å². The Labute approximate surface area is 168 Å². The number of benzene rings is 1. The Morgan fingerprint density at radius 1 is 0.517 bits per heavy atom. The first-order valence-electron chi connectivity index (χ1n) is 9.33. The Morgan fingerprint density at radius 2 is 1.31 bits per heavy atom. The van der Waals surface area contributed by atoms with Crippen LogP contribution < -0.4 is 0 Å². The fourth-order valence-corrected chi connectivity index (χ4v) is 3.20. The number of nitrogens with zero attached hydrogens (tertiary/aromatic N) is 4. The second-order valence-electron chi connectivity index (χ2n) is 6.59. The highest BCUT2D eigenvalue weighted by Gasteiger charge is 2.10. The first-order chi connectivity index (χ1) is 14.4. The zero-order chi connectivity index (χ0) is 19.5. The Hall–Kier alpha value is -4.12. The second kappa shape index (κ2) is 7.48. The molecule has 0 aliphatic carbocycles. The van der Waals surface area contributed by atoms with E-state index in [9.17, 15) is 0 Å². The summed E-state index contributed by atoms with van der Waals surface area (Å²) in [6, 6.07) is 27.9. The number of nitrogens with one attached hydrogen (secondary N) is 1. The molecule has 138 valence electrons. The molecule has 5 nitrogen and oxygen atoms in total. The molecule has 5 heteroatoms. The SMILES string of the molecule is c1ccc(-c2cc(-c3cccc(-c4ccnc(-c5ccccn5)c4)n3)n[nH]2)cc1. The highest BCUT2D eigenvalue weighted by Crippen LogP contribution is 2.26. The van der Waals surface area contributed by atoms with Crippen LogP contribution in [0.5, 0.6) is 0 Å². The van der Waals surface area contributed by atoms with E-state index in [0.29, 0.717) is 0 Å². The van der Waals surface area contributed by atoms with Crippen LogP contribution in [-0.2, 0) is 0 Å². The van der Waals surface area contributed by atoms with Crippen LogP contribution in [-0.4, -0.2) is 25.1 Å². The molecule has 0 fully saturated rings.